The van der Waals surface area contributed by atoms with Gasteiger partial charge in [0.25, 0.3) is 5.91 Å². The topological polar surface area (TPSA) is 91.6 Å². The Hall–Kier alpha value is -3.82. The Labute approximate surface area is 188 Å². The van der Waals surface area contributed by atoms with Crippen LogP contribution in [0.4, 0.5) is 5.69 Å². The third-order valence-electron chi connectivity index (χ3n) is 4.80. The third-order valence-corrected chi connectivity index (χ3v) is 4.80. The molecule has 3 aromatic carbocycles. The van der Waals surface area contributed by atoms with Gasteiger partial charge < -0.3 is 19.9 Å². The lowest BCUT2D eigenvalue weighted by Gasteiger charge is -2.13. The summed E-state index contributed by atoms with van der Waals surface area (Å²) in [4.78, 5) is 12.7. The lowest BCUT2D eigenvalue weighted by molar-refractivity contribution is 0.102. The molecule has 0 radical (unpaired) electrons. The van der Waals surface area contributed by atoms with E-state index in [1.54, 1.807) is 72.8 Å². The van der Waals surface area contributed by atoms with E-state index in [1.807, 2.05) is 0 Å². The van der Waals surface area contributed by atoms with E-state index in [2.05, 4.69) is 11.4 Å². The molecule has 0 saturated carbocycles. The Kier molecular flexibility index (Phi) is 8.67. The van der Waals surface area contributed by atoms with Crippen molar-refractivity contribution in [1.29, 1.82) is 5.26 Å². The molecule has 1 amide bonds. The minimum absolute atomic E-state index is 0.230. The number of nitrogens with zero attached hydrogens (tertiary/aromatic N) is 1. The standard InChI is InChI=1S/C26H26N2O4/c27-19-21-9-3-5-11-24(21)32-25-12-6-4-10-23(25)28-26(30)20-13-15-22(16-14-20)31-18-8-2-1-7-17-29/h3-6,9-16,29H,1-2,7-8,17-18H2,(H,28,30). The maximum atomic E-state index is 12.7. The molecule has 164 valence electrons. The van der Waals surface area contributed by atoms with Gasteiger partial charge in [0.05, 0.1) is 17.9 Å². The summed E-state index contributed by atoms with van der Waals surface area (Å²) in [5, 5.41) is 20.9. The molecular formula is C26H26N2O4. The lowest BCUT2D eigenvalue weighted by atomic mass is 10.2. The molecule has 0 heterocycles. The molecule has 0 fully saturated rings. The molecule has 0 aliphatic heterocycles. The van der Waals surface area contributed by atoms with Gasteiger partial charge in [0, 0.05) is 12.2 Å². The van der Waals surface area contributed by atoms with Crippen LogP contribution in [0.5, 0.6) is 17.2 Å². The number of aliphatic hydroxyl groups is 1. The summed E-state index contributed by atoms with van der Waals surface area (Å²) >= 11 is 0. The van der Waals surface area contributed by atoms with Crippen molar-refractivity contribution in [2.45, 2.75) is 25.7 Å². The maximum Gasteiger partial charge on any atom is 0.255 e. The smallest absolute Gasteiger partial charge is 0.255 e. The number of hydrogen-bond acceptors (Lipinski definition) is 5. The van der Waals surface area contributed by atoms with E-state index in [4.69, 9.17) is 14.6 Å². The van der Waals surface area contributed by atoms with Crippen LogP contribution in [0.1, 0.15) is 41.6 Å². The van der Waals surface area contributed by atoms with Crippen molar-refractivity contribution < 1.29 is 19.4 Å². The molecule has 6 nitrogen and oxygen atoms in total. The van der Waals surface area contributed by atoms with Gasteiger partial charge >= 0.3 is 0 Å². The number of benzene rings is 3. The Balaban J connectivity index is 1.60. The first-order chi connectivity index (χ1) is 15.7. The zero-order valence-corrected chi connectivity index (χ0v) is 17.8. The van der Waals surface area contributed by atoms with Crippen LogP contribution in [0, 0.1) is 11.3 Å². The third kappa shape index (κ3) is 6.59. The van der Waals surface area contributed by atoms with Gasteiger partial charge in [-0.3, -0.25) is 4.79 Å². The van der Waals surface area contributed by atoms with Crippen molar-refractivity contribution in [3.05, 3.63) is 83.9 Å². The predicted octanol–water partition coefficient (Wildman–Crippen LogP) is 5.53. The first-order valence-corrected chi connectivity index (χ1v) is 10.6. The van der Waals surface area contributed by atoms with Crippen LogP contribution in [0.3, 0.4) is 0 Å². The van der Waals surface area contributed by atoms with Gasteiger partial charge in [0.15, 0.2) is 5.75 Å². The number of carbonyl (C=O) groups is 1. The second kappa shape index (κ2) is 12.1. The van der Waals surface area contributed by atoms with Crippen molar-refractivity contribution in [2.24, 2.45) is 0 Å². The fourth-order valence-electron chi connectivity index (χ4n) is 3.08. The van der Waals surface area contributed by atoms with E-state index in [0.717, 1.165) is 25.7 Å². The number of nitrogens with one attached hydrogen (secondary N) is 1. The highest BCUT2D eigenvalue weighted by Gasteiger charge is 2.12. The minimum Gasteiger partial charge on any atom is -0.494 e. The van der Waals surface area contributed by atoms with Gasteiger partial charge in [-0.2, -0.15) is 5.26 Å². The predicted molar refractivity (Wildman–Crippen MR) is 123 cm³/mol. The molecule has 2 N–H and O–H groups in total. The number of hydrogen-bond donors (Lipinski definition) is 2. The first-order valence-electron chi connectivity index (χ1n) is 10.6. The second-order valence-electron chi connectivity index (χ2n) is 7.17. The van der Waals surface area contributed by atoms with Crippen LogP contribution in [0.25, 0.3) is 0 Å². The number of para-hydroxylation sites is 3. The van der Waals surface area contributed by atoms with Crippen LogP contribution >= 0.6 is 0 Å². The SMILES string of the molecule is N#Cc1ccccc1Oc1ccccc1NC(=O)c1ccc(OCCCCCCO)cc1. The summed E-state index contributed by atoms with van der Waals surface area (Å²) in [6.45, 7) is 0.833. The van der Waals surface area contributed by atoms with E-state index >= 15 is 0 Å². The number of anilines is 1. The van der Waals surface area contributed by atoms with Gasteiger partial charge in [-0.25, -0.2) is 0 Å². The molecule has 3 aromatic rings. The summed E-state index contributed by atoms with van der Waals surface area (Å²) in [5.74, 6) is 1.31. The Bertz CT molecular complexity index is 1060. The fourth-order valence-corrected chi connectivity index (χ4v) is 3.08. The highest BCUT2D eigenvalue weighted by atomic mass is 16.5. The average Bonchev–Trinajstić information content (AvgIpc) is 2.83. The normalized spacial score (nSPS) is 10.2. The van der Waals surface area contributed by atoms with Crippen molar-refractivity contribution in [3.8, 4) is 23.3 Å². The largest absolute Gasteiger partial charge is 0.494 e. The first kappa shape index (κ1) is 22.9. The molecule has 0 aliphatic carbocycles. The lowest BCUT2D eigenvalue weighted by Crippen LogP contribution is -2.12. The van der Waals surface area contributed by atoms with E-state index in [9.17, 15) is 10.1 Å². The molecule has 0 spiro atoms. The van der Waals surface area contributed by atoms with E-state index in [0.29, 0.717) is 40.7 Å². The molecular weight excluding hydrogens is 404 g/mol. The van der Waals surface area contributed by atoms with Gasteiger partial charge in [0.1, 0.15) is 17.6 Å². The summed E-state index contributed by atoms with van der Waals surface area (Å²) in [6.07, 6.45) is 3.75. The summed E-state index contributed by atoms with van der Waals surface area (Å²) in [7, 11) is 0. The number of rotatable bonds is 11. The molecule has 0 saturated heterocycles. The van der Waals surface area contributed by atoms with Crippen molar-refractivity contribution in [2.75, 3.05) is 18.5 Å². The molecule has 6 heteroatoms. The van der Waals surface area contributed by atoms with Crippen LogP contribution in [-0.4, -0.2) is 24.2 Å². The van der Waals surface area contributed by atoms with Gasteiger partial charge in [-0.05, 0) is 67.8 Å². The number of carbonyl (C=O) groups excluding carboxylic acids is 1. The molecule has 0 atom stereocenters. The molecule has 32 heavy (non-hydrogen) atoms. The average molecular weight is 431 g/mol. The quantitative estimate of drug-likeness (QED) is 0.390. The number of nitriles is 1. The van der Waals surface area contributed by atoms with Crippen LogP contribution in [-0.2, 0) is 0 Å². The van der Waals surface area contributed by atoms with Gasteiger partial charge in [-0.15, -0.1) is 0 Å². The molecule has 0 bridgehead atoms. The molecule has 0 unspecified atom stereocenters. The molecule has 0 aliphatic rings. The maximum absolute atomic E-state index is 12.7. The van der Waals surface area contributed by atoms with Crippen LogP contribution in [0.2, 0.25) is 0 Å². The summed E-state index contributed by atoms with van der Waals surface area (Å²) < 4.78 is 11.6. The molecule has 3 rings (SSSR count). The Morgan fingerprint density at radius 1 is 0.875 bits per heavy atom. The highest BCUT2D eigenvalue weighted by molar-refractivity contribution is 6.05. The fraction of sp³-hybridized carbons (Fsp3) is 0.231. The van der Waals surface area contributed by atoms with E-state index in [-0.39, 0.29) is 12.5 Å². The van der Waals surface area contributed by atoms with Crippen molar-refractivity contribution >= 4 is 11.6 Å². The van der Waals surface area contributed by atoms with E-state index < -0.39 is 0 Å². The van der Waals surface area contributed by atoms with Crippen LogP contribution < -0.4 is 14.8 Å². The number of ether oxygens (including phenoxy) is 2. The van der Waals surface area contributed by atoms with E-state index in [1.165, 1.54) is 0 Å². The summed E-state index contributed by atoms with van der Waals surface area (Å²) in [6, 6.07) is 23.1. The summed E-state index contributed by atoms with van der Waals surface area (Å²) in [5.41, 5.74) is 1.42. The zero-order valence-electron chi connectivity index (χ0n) is 17.8. The van der Waals surface area contributed by atoms with Crippen molar-refractivity contribution in [3.63, 3.8) is 0 Å². The number of amides is 1. The zero-order chi connectivity index (χ0) is 22.6. The van der Waals surface area contributed by atoms with Gasteiger partial charge in [-0.1, -0.05) is 30.7 Å². The van der Waals surface area contributed by atoms with Crippen LogP contribution in [0.15, 0.2) is 72.8 Å². The Morgan fingerprint density at radius 2 is 1.56 bits per heavy atom. The van der Waals surface area contributed by atoms with Gasteiger partial charge in [0.2, 0.25) is 0 Å². The monoisotopic (exact) mass is 430 g/mol. The number of unbranched alkanes of at least 4 members (excludes halogenated alkanes) is 3. The Morgan fingerprint density at radius 3 is 2.31 bits per heavy atom. The second-order valence-corrected chi connectivity index (χ2v) is 7.17. The minimum atomic E-state index is -0.273. The van der Waals surface area contributed by atoms with Crippen molar-refractivity contribution in [1.82, 2.24) is 0 Å². The number of aliphatic hydroxyl groups excluding tert-OH is 1. The highest BCUT2D eigenvalue weighted by Crippen LogP contribution is 2.31. The molecule has 0 aromatic heterocycles.